The highest BCUT2D eigenvalue weighted by molar-refractivity contribution is 6.03. The van der Waals surface area contributed by atoms with Crippen LogP contribution in [-0.4, -0.2) is 62.2 Å². The zero-order chi connectivity index (χ0) is 22.5. The van der Waals surface area contributed by atoms with Crippen LogP contribution >= 0.6 is 0 Å². The number of hydrogen-bond donors (Lipinski definition) is 1. The number of ether oxygens (including phenoxy) is 2. The summed E-state index contributed by atoms with van der Waals surface area (Å²) in [6, 6.07) is 11.1. The summed E-state index contributed by atoms with van der Waals surface area (Å²) in [5.41, 5.74) is 1.98. The van der Waals surface area contributed by atoms with Gasteiger partial charge in [0.1, 0.15) is 11.6 Å². The molecule has 0 aromatic heterocycles. The number of benzene rings is 2. The number of fused-ring (bicyclic) bond motifs is 1. The summed E-state index contributed by atoms with van der Waals surface area (Å²) in [4.78, 5) is 29.0. The zero-order valence-corrected chi connectivity index (χ0v) is 17.9. The number of morpholine rings is 1. The number of carbonyl (C=O) groups is 2. The minimum Gasteiger partial charge on any atom is -0.479 e. The molecule has 1 atom stereocenters. The first-order chi connectivity index (χ1) is 15.5. The minimum atomic E-state index is -0.600. The van der Waals surface area contributed by atoms with Gasteiger partial charge in [-0.05, 0) is 42.8 Å². The monoisotopic (exact) mass is 439 g/mol. The molecule has 2 aromatic rings. The highest BCUT2D eigenvalue weighted by Crippen LogP contribution is 2.36. The molecule has 1 unspecified atom stereocenters. The van der Waals surface area contributed by atoms with Crippen molar-refractivity contribution >= 4 is 29.3 Å². The van der Waals surface area contributed by atoms with E-state index in [0.29, 0.717) is 36.9 Å². The number of anilines is 2. The normalized spacial score (nSPS) is 19.0. The summed E-state index contributed by atoms with van der Waals surface area (Å²) in [6.07, 6.45) is 2.39. The lowest BCUT2D eigenvalue weighted by molar-refractivity contribution is -0.125. The molecule has 32 heavy (non-hydrogen) atoms. The Hall–Kier alpha value is -3.23. The molecule has 0 saturated carbocycles. The second kappa shape index (κ2) is 9.93. The van der Waals surface area contributed by atoms with E-state index >= 15 is 0 Å². The van der Waals surface area contributed by atoms with Gasteiger partial charge in [0.25, 0.3) is 5.91 Å². The number of nitrogens with zero attached hydrogens (tertiary/aromatic N) is 2. The summed E-state index contributed by atoms with van der Waals surface area (Å²) < 4.78 is 24.2. The van der Waals surface area contributed by atoms with Crippen LogP contribution in [0.15, 0.2) is 48.5 Å². The van der Waals surface area contributed by atoms with Crippen LogP contribution in [0.25, 0.3) is 6.08 Å². The third-order valence-corrected chi connectivity index (χ3v) is 5.48. The number of rotatable bonds is 6. The van der Waals surface area contributed by atoms with Gasteiger partial charge >= 0.3 is 0 Å². The number of carbonyl (C=O) groups excluding carboxylic acids is 2. The van der Waals surface area contributed by atoms with Gasteiger partial charge in [-0.3, -0.25) is 14.5 Å². The van der Waals surface area contributed by atoms with E-state index in [9.17, 15) is 14.0 Å². The topological polar surface area (TPSA) is 71.1 Å². The molecule has 4 rings (SSSR count). The van der Waals surface area contributed by atoms with Gasteiger partial charge in [0.05, 0.1) is 18.9 Å². The fourth-order valence-corrected chi connectivity index (χ4v) is 3.71. The van der Waals surface area contributed by atoms with Crippen molar-refractivity contribution in [1.82, 2.24) is 4.90 Å². The van der Waals surface area contributed by atoms with Crippen LogP contribution in [0, 0.1) is 5.82 Å². The Labute approximate surface area is 186 Å². The van der Waals surface area contributed by atoms with Crippen LogP contribution < -0.4 is 15.0 Å². The number of hydrogen-bond acceptors (Lipinski definition) is 5. The molecule has 8 heteroatoms. The van der Waals surface area contributed by atoms with Crippen LogP contribution in [0.3, 0.4) is 0 Å². The van der Waals surface area contributed by atoms with Crippen LogP contribution in [-0.2, 0) is 14.3 Å². The van der Waals surface area contributed by atoms with Crippen molar-refractivity contribution in [3.8, 4) is 5.75 Å². The molecule has 2 aromatic carbocycles. The van der Waals surface area contributed by atoms with E-state index in [0.717, 1.165) is 25.2 Å². The average molecular weight is 439 g/mol. The van der Waals surface area contributed by atoms with Crippen LogP contribution in [0.2, 0.25) is 0 Å². The van der Waals surface area contributed by atoms with Crippen molar-refractivity contribution in [2.45, 2.75) is 13.0 Å². The molecule has 2 aliphatic rings. The molecular formula is C24H26FN3O4. The van der Waals surface area contributed by atoms with Crippen molar-refractivity contribution in [3.05, 3.63) is 59.9 Å². The summed E-state index contributed by atoms with van der Waals surface area (Å²) in [7, 11) is 0. The Morgan fingerprint density at radius 3 is 2.66 bits per heavy atom. The lowest BCUT2D eigenvalue weighted by Gasteiger charge is -2.35. The van der Waals surface area contributed by atoms with Crippen LogP contribution in [0.1, 0.15) is 12.5 Å². The van der Waals surface area contributed by atoms with Crippen molar-refractivity contribution < 1.29 is 23.5 Å². The van der Waals surface area contributed by atoms with E-state index in [2.05, 4.69) is 10.2 Å². The Kier molecular flexibility index (Phi) is 6.82. The predicted octanol–water partition coefficient (Wildman–Crippen LogP) is 2.92. The molecule has 168 valence electrons. The summed E-state index contributed by atoms with van der Waals surface area (Å²) in [5, 5.41) is 2.79. The Bertz CT molecular complexity index is 1000. The maximum atomic E-state index is 13.0. The van der Waals surface area contributed by atoms with E-state index in [1.807, 2.05) is 0 Å². The number of amides is 2. The second-order valence-electron chi connectivity index (χ2n) is 7.76. The van der Waals surface area contributed by atoms with Crippen molar-refractivity contribution in [3.63, 3.8) is 0 Å². The van der Waals surface area contributed by atoms with Gasteiger partial charge in [-0.15, -0.1) is 0 Å². The smallest absolute Gasteiger partial charge is 0.267 e. The highest BCUT2D eigenvalue weighted by atomic mass is 19.1. The number of halogens is 1. The van der Waals surface area contributed by atoms with E-state index in [4.69, 9.17) is 9.47 Å². The molecule has 1 saturated heterocycles. The summed E-state index contributed by atoms with van der Waals surface area (Å²) in [6.45, 7) is 6.18. The van der Waals surface area contributed by atoms with Crippen LogP contribution in [0.4, 0.5) is 15.8 Å². The average Bonchev–Trinajstić information content (AvgIpc) is 2.80. The molecule has 1 fully saturated rings. The molecule has 0 bridgehead atoms. The minimum absolute atomic E-state index is 0.0789. The van der Waals surface area contributed by atoms with E-state index in [-0.39, 0.29) is 17.6 Å². The van der Waals surface area contributed by atoms with Crippen molar-refractivity contribution in [2.24, 2.45) is 0 Å². The maximum absolute atomic E-state index is 13.0. The Balaban J connectivity index is 1.43. The first-order valence-electron chi connectivity index (χ1n) is 10.7. The van der Waals surface area contributed by atoms with Gasteiger partial charge in [-0.2, -0.15) is 0 Å². The molecule has 0 spiro atoms. The van der Waals surface area contributed by atoms with Gasteiger partial charge in [-0.25, -0.2) is 4.39 Å². The molecule has 0 aliphatic carbocycles. The summed E-state index contributed by atoms with van der Waals surface area (Å²) in [5.74, 6) is -0.171. The Morgan fingerprint density at radius 2 is 1.91 bits per heavy atom. The molecule has 0 radical (unpaired) electrons. The van der Waals surface area contributed by atoms with Crippen molar-refractivity contribution in [2.75, 3.05) is 49.6 Å². The Morgan fingerprint density at radius 1 is 1.16 bits per heavy atom. The van der Waals surface area contributed by atoms with E-state index in [1.165, 1.54) is 18.2 Å². The van der Waals surface area contributed by atoms with E-state index in [1.54, 1.807) is 48.2 Å². The molecule has 2 amide bonds. The van der Waals surface area contributed by atoms with Gasteiger partial charge in [0.2, 0.25) is 5.91 Å². The maximum Gasteiger partial charge on any atom is 0.267 e. The lowest BCUT2D eigenvalue weighted by atomic mass is 10.1. The SMILES string of the molecule is CC1Oc2cc(NC(=O)/C=C/c3ccc(F)cc3)ccc2N(CCN2CCOCC2)C1=O. The first-order valence-corrected chi connectivity index (χ1v) is 10.7. The first kappa shape index (κ1) is 22.0. The van der Waals surface area contributed by atoms with Gasteiger partial charge < -0.3 is 19.7 Å². The molecule has 1 N–H and O–H groups in total. The zero-order valence-electron chi connectivity index (χ0n) is 17.9. The predicted molar refractivity (Wildman–Crippen MR) is 120 cm³/mol. The third kappa shape index (κ3) is 5.33. The van der Waals surface area contributed by atoms with E-state index < -0.39 is 6.10 Å². The second-order valence-corrected chi connectivity index (χ2v) is 7.76. The summed E-state index contributed by atoms with van der Waals surface area (Å²) >= 11 is 0. The van der Waals surface area contributed by atoms with Gasteiger partial charge in [0.15, 0.2) is 6.10 Å². The van der Waals surface area contributed by atoms with Gasteiger partial charge in [-0.1, -0.05) is 12.1 Å². The fraction of sp³-hybridized carbons (Fsp3) is 0.333. The molecule has 2 heterocycles. The molecule has 7 nitrogen and oxygen atoms in total. The quantitative estimate of drug-likeness (QED) is 0.701. The third-order valence-electron chi connectivity index (χ3n) is 5.48. The lowest BCUT2D eigenvalue weighted by Crippen LogP contribution is -2.48. The largest absolute Gasteiger partial charge is 0.479 e. The highest BCUT2D eigenvalue weighted by Gasteiger charge is 2.32. The standard InChI is InChI=1S/C24H26FN3O4/c1-17-24(30)28(11-10-27-12-14-31-15-13-27)21-8-7-20(16-22(21)32-17)26-23(29)9-4-18-2-5-19(25)6-3-18/h2-9,16-17H,10-15H2,1H3,(H,26,29)/b9-4+. The van der Waals surface area contributed by atoms with Crippen LogP contribution in [0.5, 0.6) is 5.75 Å². The fourth-order valence-electron chi connectivity index (χ4n) is 3.71. The van der Waals surface area contributed by atoms with Crippen molar-refractivity contribution in [1.29, 1.82) is 0 Å². The molecule has 2 aliphatic heterocycles. The number of nitrogens with one attached hydrogen (secondary N) is 1. The molecular weight excluding hydrogens is 413 g/mol. The van der Waals surface area contributed by atoms with Gasteiger partial charge in [0, 0.05) is 44.0 Å².